The van der Waals surface area contributed by atoms with Gasteiger partial charge in [-0.2, -0.15) is 5.26 Å². The van der Waals surface area contributed by atoms with Crippen molar-refractivity contribution in [1.82, 2.24) is 10.2 Å². The van der Waals surface area contributed by atoms with Crippen molar-refractivity contribution >= 4 is 11.8 Å². The van der Waals surface area contributed by atoms with E-state index in [9.17, 15) is 9.59 Å². The quantitative estimate of drug-likeness (QED) is 0.704. The van der Waals surface area contributed by atoms with Crippen LogP contribution in [0.2, 0.25) is 0 Å². The molecule has 0 aromatic heterocycles. The van der Waals surface area contributed by atoms with Crippen LogP contribution in [-0.2, 0) is 9.59 Å². The Hall–Kier alpha value is -1.57. The van der Waals surface area contributed by atoms with Gasteiger partial charge in [-0.25, -0.2) is 0 Å². The zero-order valence-corrected chi connectivity index (χ0v) is 9.20. The van der Waals surface area contributed by atoms with Gasteiger partial charge in [0.15, 0.2) is 0 Å². The Kier molecular flexibility index (Phi) is 2.98. The van der Waals surface area contributed by atoms with Crippen LogP contribution < -0.4 is 5.32 Å². The molecule has 5 heteroatoms. The summed E-state index contributed by atoms with van der Waals surface area (Å²) in [7, 11) is 3.25. The summed E-state index contributed by atoms with van der Waals surface area (Å²) >= 11 is 0. The van der Waals surface area contributed by atoms with E-state index < -0.39 is 11.5 Å². The van der Waals surface area contributed by atoms with E-state index in [1.807, 2.05) is 6.07 Å². The third-order valence-electron chi connectivity index (χ3n) is 2.56. The van der Waals surface area contributed by atoms with Crippen molar-refractivity contribution in [3.05, 3.63) is 0 Å². The molecule has 1 unspecified atom stereocenters. The molecule has 0 heterocycles. The van der Waals surface area contributed by atoms with Gasteiger partial charge < -0.3 is 10.2 Å². The number of nitrogens with zero attached hydrogens (tertiary/aromatic N) is 2. The van der Waals surface area contributed by atoms with Crippen LogP contribution in [0.15, 0.2) is 0 Å². The van der Waals surface area contributed by atoms with Gasteiger partial charge in [-0.3, -0.25) is 9.59 Å². The molecule has 1 atom stereocenters. The highest BCUT2D eigenvalue weighted by molar-refractivity contribution is 5.92. The van der Waals surface area contributed by atoms with Gasteiger partial charge >= 0.3 is 0 Å². The van der Waals surface area contributed by atoms with Crippen molar-refractivity contribution in [2.75, 3.05) is 14.1 Å². The first kappa shape index (κ1) is 11.5. The molecule has 0 saturated heterocycles. The Morgan fingerprint density at radius 1 is 1.47 bits per heavy atom. The van der Waals surface area contributed by atoms with Gasteiger partial charge in [-0.05, 0) is 19.8 Å². The molecule has 1 rings (SSSR count). The normalized spacial score (nSPS) is 18.5. The van der Waals surface area contributed by atoms with E-state index in [0.29, 0.717) is 12.8 Å². The number of carbonyl (C=O) groups is 2. The molecule has 1 fully saturated rings. The van der Waals surface area contributed by atoms with E-state index in [1.165, 1.54) is 4.90 Å². The molecule has 1 N–H and O–H groups in total. The molecule has 0 aliphatic heterocycles. The van der Waals surface area contributed by atoms with Crippen molar-refractivity contribution < 1.29 is 9.59 Å². The minimum Gasteiger partial charge on any atom is -0.347 e. The summed E-state index contributed by atoms with van der Waals surface area (Å²) in [5.41, 5.74) is -0.860. The van der Waals surface area contributed by atoms with Gasteiger partial charge in [0.05, 0.1) is 6.07 Å². The van der Waals surface area contributed by atoms with E-state index in [1.54, 1.807) is 21.0 Å². The molecule has 0 bridgehead atoms. The largest absolute Gasteiger partial charge is 0.347 e. The topological polar surface area (TPSA) is 73.2 Å². The summed E-state index contributed by atoms with van der Waals surface area (Å²) < 4.78 is 0. The van der Waals surface area contributed by atoms with Crippen molar-refractivity contribution in [3.8, 4) is 6.07 Å². The van der Waals surface area contributed by atoms with Crippen LogP contribution >= 0.6 is 0 Å². The van der Waals surface area contributed by atoms with E-state index in [4.69, 9.17) is 5.26 Å². The van der Waals surface area contributed by atoms with Gasteiger partial charge in [-0.1, -0.05) is 0 Å². The van der Waals surface area contributed by atoms with Crippen LogP contribution in [-0.4, -0.2) is 36.9 Å². The monoisotopic (exact) mass is 209 g/mol. The molecule has 5 nitrogen and oxygen atoms in total. The highest BCUT2D eigenvalue weighted by Gasteiger charge is 2.51. The lowest BCUT2D eigenvalue weighted by Crippen LogP contribution is -2.46. The molecule has 0 aromatic rings. The molecule has 0 radical (unpaired) electrons. The maximum Gasteiger partial charge on any atom is 0.244 e. The molecule has 15 heavy (non-hydrogen) atoms. The Morgan fingerprint density at radius 2 is 2.00 bits per heavy atom. The highest BCUT2D eigenvalue weighted by Crippen LogP contribution is 2.45. The molecule has 1 aliphatic rings. The molecule has 1 saturated carbocycles. The van der Waals surface area contributed by atoms with E-state index in [2.05, 4.69) is 5.32 Å². The standard InChI is InChI=1S/C10H15N3O2/c1-7(8(14)13(2)3)12-9(15)10(6-11)4-5-10/h7H,4-5H2,1-3H3,(H,12,15). The molecule has 0 spiro atoms. The van der Waals surface area contributed by atoms with Crippen molar-refractivity contribution in [2.45, 2.75) is 25.8 Å². The Labute approximate surface area is 89.0 Å². The van der Waals surface area contributed by atoms with Crippen LogP contribution in [0.5, 0.6) is 0 Å². The van der Waals surface area contributed by atoms with Crippen molar-refractivity contribution in [3.63, 3.8) is 0 Å². The summed E-state index contributed by atoms with van der Waals surface area (Å²) in [6.07, 6.45) is 1.19. The number of hydrogen-bond donors (Lipinski definition) is 1. The maximum atomic E-state index is 11.6. The van der Waals surface area contributed by atoms with Crippen LogP contribution in [0, 0.1) is 16.7 Å². The summed E-state index contributed by atoms with van der Waals surface area (Å²) in [4.78, 5) is 24.4. The molecule has 1 aliphatic carbocycles. The number of hydrogen-bond acceptors (Lipinski definition) is 3. The summed E-state index contributed by atoms with van der Waals surface area (Å²) in [5.74, 6) is -0.496. The number of amides is 2. The minimum atomic E-state index is -0.860. The Morgan fingerprint density at radius 3 is 2.33 bits per heavy atom. The van der Waals surface area contributed by atoms with Crippen LogP contribution in [0.1, 0.15) is 19.8 Å². The average Bonchev–Trinajstić information content (AvgIpc) is 2.96. The first-order valence-electron chi connectivity index (χ1n) is 4.86. The van der Waals surface area contributed by atoms with E-state index >= 15 is 0 Å². The first-order chi connectivity index (χ1) is 6.93. The fourth-order valence-corrected chi connectivity index (χ4v) is 1.30. The molecule has 2 amide bonds. The Balaban J connectivity index is 2.53. The van der Waals surface area contributed by atoms with Gasteiger partial charge in [0.25, 0.3) is 0 Å². The van der Waals surface area contributed by atoms with Crippen LogP contribution in [0.3, 0.4) is 0 Å². The van der Waals surface area contributed by atoms with Gasteiger partial charge in [0.1, 0.15) is 11.5 Å². The van der Waals surface area contributed by atoms with Crippen LogP contribution in [0.4, 0.5) is 0 Å². The second-order valence-corrected chi connectivity index (χ2v) is 4.12. The lowest BCUT2D eigenvalue weighted by Gasteiger charge is -2.19. The molecule has 0 aromatic carbocycles. The second kappa shape index (κ2) is 3.89. The van der Waals surface area contributed by atoms with Gasteiger partial charge in [0.2, 0.25) is 11.8 Å². The number of nitrogens with one attached hydrogen (secondary N) is 1. The highest BCUT2D eigenvalue weighted by atomic mass is 16.2. The van der Waals surface area contributed by atoms with Gasteiger partial charge in [-0.15, -0.1) is 0 Å². The van der Waals surface area contributed by atoms with E-state index in [-0.39, 0.29) is 11.8 Å². The molecule has 82 valence electrons. The maximum absolute atomic E-state index is 11.6. The third kappa shape index (κ3) is 2.27. The SMILES string of the molecule is CC(NC(=O)C1(C#N)CC1)C(=O)N(C)C. The number of carbonyl (C=O) groups excluding carboxylic acids is 2. The van der Waals surface area contributed by atoms with Gasteiger partial charge in [0, 0.05) is 14.1 Å². The predicted octanol–water partition coefficient (Wildman–Crippen LogP) is -0.117. The first-order valence-corrected chi connectivity index (χ1v) is 4.86. The smallest absolute Gasteiger partial charge is 0.244 e. The fourth-order valence-electron chi connectivity index (χ4n) is 1.30. The second-order valence-electron chi connectivity index (χ2n) is 4.12. The summed E-state index contributed by atoms with van der Waals surface area (Å²) in [5, 5.41) is 11.3. The van der Waals surface area contributed by atoms with E-state index in [0.717, 1.165) is 0 Å². The summed E-state index contributed by atoms with van der Waals surface area (Å²) in [6, 6.07) is 1.42. The number of likely N-dealkylation sites (N-methyl/N-ethyl adjacent to an activating group) is 1. The molecular weight excluding hydrogens is 194 g/mol. The Bertz CT molecular complexity index is 326. The van der Waals surface area contributed by atoms with Crippen LogP contribution in [0.25, 0.3) is 0 Å². The van der Waals surface area contributed by atoms with Crippen molar-refractivity contribution in [1.29, 1.82) is 5.26 Å². The zero-order valence-electron chi connectivity index (χ0n) is 9.20. The summed E-state index contributed by atoms with van der Waals surface area (Å²) in [6.45, 7) is 1.62. The molecular formula is C10H15N3O2. The predicted molar refractivity (Wildman–Crippen MR) is 53.6 cm³/mol. The fraction of sp³-hybridized carbons (Fsp3) is 0.700. The lowest BCUT2D eigenvalue weighted by molar-refractivity contribution is -0.134. The number of rotatable bonds is 3. The average molecular weight is 209 g/mol. The number of nitriles is 1. The third-order valence-corrected chi connectivity index (χ3v) is 2.56. The lowest BCUT2D eigenvalue weighted by atomic mass is 10.1. The van der Waals surface area contributed by atoms with Crippen molar-refractivity contribution in [2.24, 2.45) is 5.41 Å². The zero-order chi connectivity index (χ0) is 11.6. The minimum absolute atomic E-state index is 0.169.